The minimum atomic E-state index is -0.534. The third-order valence-corrected chi connectivity index (χ3v) is 5.54. The lowest BCUT2D eigenvalue weighted by Gasteiger charge is -2.20. The summed E-state index contributed by atoms with van der Waals surface area (Å²) >= 11 is 0. The highest BCUT2D eigenvalue weighted by Gasteiger charge is 2.20. The molecule has 0 fully saturated rings. The first-order valence-corrected chi connectivity index (χ1v) is 10.4. The molecule has 1 aliphatic rings. The lowest BCUT2D eigenvalue weighted by Crippen LogP contribution is -2.32. The minimum absolute atomic E-state index is 0.275. The number of nitrogens with zero attached hydrogens (tertiary/aromatic N) is 1. The third kappa shape index (κ3) is 4.58. The molecule has 0 radical (unpaired) electrons. The van der Waals surface area contributed by atoms with Crippen molar-refractivity contribution in [3.05, 3.63) is 77.9 Å². The fourth-order valence-corrected chi connectivity index (χ4v) is 3.99. The van der Waals surface area contributed by atoms with Gasteiger partial charge in [0, 0.05) is 33.7 Å². The molecule has 0 spiro atoms. The van der Waals surface area contributed by atoms with Gasteiger partial charge in [-0.3, -0.25) is 4.90 Å². The van der Waals surface area contributed by atoms with E-state index in [1.54, 1.807) is 0 Å². The number of aliphatic hydroxyl groups excluding tert-OH is 1. The number of aliphatic hydroxyl groups is 1. The average molecular weight is 404 g/mol. The second-order valence-corrected chi connectivity index (χ2v) is 7.69. The zero-order valence-electron chi connectivity index (χ0n) is 17.6. The van der Waals surface area contributed by atoms with E-state index in [4.69, 9.17) is 4.74 Å². The van der Waals surface area contributed by atoms with Crippen molar-refractivity contribution in [1.82, 2.24) is 4.90 Å². The van der Waals surface area contributed by atoms with Crippen LogP contribution in [0.1, 0.15) is 11.1 Å². The molecule has 0 saturated carbocycles. The Morgan fingerprint density at radius 3 is 2.27 bits per heavy atom. The number of ether oxygens (including phenoxy) is 1. The highest BCUT2D eigenvalue weighted by molar-refractivity contribution is 5.77. The fourth-order valence-electron chi connectivity index (χ4n) is 3.99. The van der Waals surface area contributed by atoms with Crippen molar-refractivity contribution in [2.75, 3.05) is 37.9 Å². The number of benzene rings is 3. The SMILES string of the molecule is CNc1ccc(-c2cccc(OCC(O)CN3Cc4ccccc4C3)c2)cc1NC. The maximum Gasteiger partial charge on any atom is 0.120 e. The summed E-state index contributed by atoms with van der Waals surface area (Å²) < 4.78 is 5.91. The number of nitrogens with one attached hydrogen (secondary N) is 2. The van der Waals surface area contributed by atoms with E-state index >= 15 is 0 Å². The molecule has 0 bridgehead atoms. The van der Waals surface area contributed by atoms with Crippen LogP contribution in [-0.4, -0.2) is 43.4 Å². The molecule has 1 aliphatic heterocycles. The van der Waals surface area contributed by atoms with Gasteiger partial charge in [0.05, 0.1) is 11.4 Å². The van der Waals surface area contributed by atoms with Gasteiger partial charge in [0.25, 0.3) is 0 Å². The van der Waals surface area contributed by atoms with Crippen LogP contribution in [0.4, 0.5) is 11.4 Å². The van der Waals surface area contributed by atoms with Gasteiger partial charge >= 0.3 is 0 Å². The first-order valence-electron chi connectivity index (χ1n) is 10.4. The summed E-state index contributed by atoms with van der Waals surface area (Å²) in [6.45, 7) is 2.65. The molecular formula is C25H29N3O2. The number of hydrogen-bond donors (Lipinski definition) is 3. The van der Waals surface area contributed by atoms with Crippen molar-refractivity contribution >= 4 is 11.4 Å². The molecule has 156 valence electrons. The van der Waals surface area contributed by atoms with Crippen LogP contribution in [0.2, 0.25) is 0 Å². The number of rotatable bonds is 8. The zero-order valence-corrected chi connectivity index (χ0v) is 17.6. The van der Waals surface area contributed by atoms with Crippen molar-refractivity contribution in [3.63, 3.8) is 0 Å². The second-order valence-electron chi connectivity index (χ2n) is 7.69. The maximum absolute atomic E-state index is 10.5. The molecule has 1 atom stereocenters. The van der Waals surface area contributed by atoms with E-state index in [0.29, 0.717) is 6.54 Å². The molecule has 0 aromatic heterocycles. The summed E-state index contributed by atoms with van der Waals surface area (Å²) in [4.78, 5) is 2.26. The molecule has 0 saturated heterocycles. The van der Waals surface area contributed by atoms with Gasteiger partial charge in [0.1, 0.15) is 18.5 Å². The molecule has 5 nitrogen and oxygen atoms in total. The number of hydrogen-bond acceptors (Lipinski definition) is 5. The van der Waals surface area contributed by atoms with Crippen LogP contribution >= 0.6 is 0 Å². The Labute approximate surface area is 178 Å². The molecular weight excluding hydrogens is 374 g/mol. The third-order valence-electron chi connectivity index (χ3n) is 5.54. The van der Waals surface area contributed by atoms with E-state index in [2.05, 4.69) is 64.1 Å². The van der Waals surface area contributed by atoms with Gasteiger partial charge in [0.15, 0.2) is 0 Å². The Morgan fingerprint density at radius 1 is 0.867 bits per heavy atom. The monoisotopic (exact) mass is 403 g/mol. The smallest absolute Gasteiger partial charge is 0.120 e. The van der Waals surface area contributed by atoms with Crippen molar-refractivity contribution in [2.24, 2.45) is 0 Å². The summed E-state index contributed by atoms with van der Waals surface area (Å²) in [5.41, 5.74) is 6.99. The van der Waals surface area contributed by atoms with Crippen molar-refractivity contribution < 1.29 is 9.84 Å². The van der Waals surface area contributed by atoms with Gasteiger partial charge < -0.3 is 20.5 Å². The lowest BCUT2D eigenvalue weighted by atomic mass is 10.0. The van der Waals surface area contributed by atoms with Crippen LogP contribution in [0.25, 0.3) is 11.1 Å². The van der Waals surface area contributed by atoms with E-state index in [1.165, 1.54) is 11.1 Å². The van der Waals surface area contributed by atoms with Crippen LogP contribution in [-0.2, 0) is 13.1 Å². The summed E-state index contributed by atoms with van der Waals surface area (Å²) in [6, 6.07) is 22.7. The molecule has 0 aliphatic carbocycles. The van der Waals surface area contributed by atoms with Gasteiger partial charge in [-0.15, -0.1) is 0 Å². The Balaban J connectivity index is 1.36. The van der Waals surface area contributed by atoms with E-state index in [0.717, 1.165) is 41.3 Å². The highest BCUT2D eigenvalue weighted by Crippen LogP contribution is 2.30. The molecule has 3 aromatic carbocycles. The summed E-state index contributed by atoms with van der Waals surface area (Å²) in [5, 5.41) is 16.9. The number of fused-ring (bicyclic) bond motifs is 1. The Bertz CT molecular complexity index is 980. The van der Waals surface area contributed by atoms with Gasteiger partial charge in [-0.1, -0.05) is 42.5 Å². The van der Waals surface area contributed by atoms with Gasteiger partial charge in [0.2, 0.25) is 0 Å². The van der Waals surface area contributed by atoms with E-state index in [-0.39, 0.29) is 6.61 Å². The number of anilines is 2. The number of β-amino-alcohol motifs (C(OH)–C–C–N with tert-alkyl or cyclic N) is 1. The molecule has 0 amide bonds. The van der Waals surface area contributed by atoms with Crippen LogP contribution < -0.4 is 15.4 Å². The Morgan fingerprint density at radius 2 is 1.57 bits per heavy atom. The molecule has 3 N–H and O–H groups in total. The standard InChI is InChI=1S/C25H29N3O2/c1-26-24-11-10-19(13-25(24)27-2)18-8-5-9-23(12-18)30-17-22(29)16-28-14-20-6-3-4-7-21(20)15-28/h3-13,22,26-27,29H,14-17H2,1-2H3. The maximum atomic E-state index is 10.5. The van der Waals surface area contributed by atoms with Gasteiger partial charge in [-0.05, 0) is 46.5 Å². The van der Waals surface area contributed by atoms with Crippen LogP contribution in [0.5, 0.6) is 5.75 Å². The summed E-state index contributed by atoms with van der Waals surface area (Å²) in [6.07, 6.45) is -0.534. The first-order chi connectivity index (χ1) is 14.7. The normalized spacial score (nSPS) is 14.2. The molecule has 4 rings (SSSR count). The fraction of sp³-hybridized carbons (Fsp3) is 0.280. The van der Waals surface area contributed by atoms with E-state index in [1.807, 2.05) is 32.3 Å². The van der Waals surface area contributed by atoms with Crippen LogP contribution in [0.3, 0.4) is 0 Å². The average Bonchev–Trinajstić information content (AvgIpc) is 3.19. The van der Waals surface area contributed by atoms with Crippen molar-refractivity contribution in [3.8, 4) is 16.9 Å². The zero-order chi connectivity index (χ0) is 20.9. The van der Waals surface area contributed by atoms with Gasteiger partial charge in [-0.2, -0.15) is 0 Å². The van der Waals surface area contributed by atoms with Crippen molar-refractivity contribution in [1.29, 1.82) is 0 Å². The molecule has 3 aromatic rings. The lowest BCUT2D eigenvalue weighted by molar-refractivity contribution is 0.0673. The highest BCUT2D eigenvalue weighted by atomic mass is 16.5. The van der Waals surface area contributed by atoms with E-state index in [9.17, 15) is 5.11 Å². The Kier molecular flexibility index (Phi) is 6.21. The second kappa shape index (κ2) is 9.20. The molecule has 5 heteroatoms. The molecule has 1 heterocycles. The quantitative estimate of drug-likeness (QED) is 0.526. The molecule has 30 heavy (non-hydrogen) atoms. The largest absolute Gasteiger partial charge is 0.491 e. The van der Waals surface area contributed by atoms with Crippen LogP contribution in [0.15, 0.2) is 66.7 Å². The topological polar surface area (TPSA) is 56.8 Å². The summed E-state index contributed by atoms with van der Waals surface area (Å²) in [5.74, 6) is 0.764. The van der Waals surface area contributed by atoms with E-state index < -0.39 is 6.10 Å². The molecule has 1 unspecified atom stereocenters. The van der Waals surface area contributed by atoms with Gasteiger partial charge in [-0.25, -0.2) is 0 Å². The van der Waals surface area contributed by atoms with Crippen molar-refractivity contribution in [2.45, 2.75) is 19.2 Å². The Hall–Kier alpha value is -3.02. The minimum Gasteiger partial charge on any atom is -0.491 e. The van der Waals surface area contributed by atoms with Crippen LogP contribution in [0, 0.1) is 0 Å². The predicted molar refractivity (Wildman–Crippen MR) is 123 cm³/mol. The first kappa shape index (κ1) is 20.3. The predicted octanol–water partition coefficient (Wildman–Crippen LogP) is 4.19. The summed E-state index contributed by atoms with van der Waals surface area (Å²) in [7, 11) is 3.83.